The van der Waals surface area contributed by atoms with Crippen LogP contribution < -0.4 is 16.2 Å². The SMILES string of the molecule is NC(=O)c1ccccc1Oc1nc(N)nc(Cl)n1. The van der Waals surface area contributed by atoms with E-state index in [2.05, 4.69) is 15.0 Å². The number of nitrogen functional groups attached to an aromatic ring is 1. The quantitative estimate of drug-likeness (QED) is 0.855. The van der Waals surface area contributed by atoms with E-state index < -0.39 is 5.91 Å². The summed E-state index contributed by atoms with van der Waals surface area (Å²) in [6.07, 6.45) is 0. The van der Waals surface area contributed by atoms with Crippen LogP contribution in [-0.4, -0.2) is 20.9 Å². The molecule has 0 spiro atoms. The highest BCUT2D eigenvalue weighted by molar-refractivity contribution is 6.28. The molecule has 0 aliphatic carbocycles. The van der Waals surface area contributed by atoms with Crippen LogP contribution in [0.1, 0.15) is 10.4 Å². The number of nitrogens with zero attached hydrogens (tertiary/aromatic N) is 3. The van der Waals surface area contributed by atoms with Gasteiger partial charge >= 0.3 is 6.01 Å². The molecule has 8 heteroatoms. The average molecular weight is 266 g/mol. The number of hydrogen-bond donors (Lipinski definition) is 2. The van der Waals surface area contributed by atoms with Crippen molar-refractivity contribution in [2.24, 2.45) is 5.73 Å². The summed E-state index contributed by atoms with van der Waals surface area (Å²) in [7, 11) is 0. The van der Waals surface area contributed by atoms with Crippen LogP contribution in [0.4, 0.5) is 5.95 Å². The Labute approximate surface area is 107 Å². The molecule has 1 aromatic heterocycles. The number of carbonyl (C=O) groups excluding carboxylic acids is 1. The Morgan fingerprint density at radius 2 is 1.94 bits per heavy atom. The molecule has 92 valence electrons. The number of anilines is 1. The number of amides is 1. The summed E-state index contributed by atoms with van der Waals surface area (Å²) >= 11 is 5.60. The topological polar surface area (TPSA) is 117 Å². The third-order valence-corrected chi connectivity index (χ3v) is 2.13. The van der Waals surface area contributed by atoms with Crippen LogP contribution in [0.2, 0.25) is 5.28 Å². The average Bonchev–Trinajstić information content (AvgIpc) is 2.27. The smallest absolute Gasteiger partial charge is 0.328 e. The van der Waals surface area contributed by atoms with Crippen molar-refractivity contribution < 1.29 is 9.53 Å². The Morgan fingerprint density at radius 3 is 2.61 bits per heavy atom. The van der Waals surface area contributed by atoms with Crippen molar-refractivity contribution in [1.29, 1.82) is 0 Å². The molecule has 2 rings (SSSR count). The third kappa shape index (κ3) is 2.64. The molecule has 2 aromatic rings. The Kier molecular flexibility index (Phi) is 3.24. The van der Waals surface area contributed by atoms with E-state index in [0.717, 1.165) is 0 Å². The molecule has 0 saturated carbocycles. The zero-order valence-corrected chi connectivity index (χ0v) is 9.76. The van der Waals surface area contributed by atoms with Gasteiger partial charge < -0.3 is 16.2 Å². The molecule has 1 heterocycles. The first-order chi connectivity index (χ1) is 8.56. The van der Waals surface area contributed by atoms with Crippen molar-refractivity contribution in [1.82, 2.24) is 15.0 Å². The molecule has 0 bridgehead atoms. The second kappa shape index (κ2) is 4.84. The minimum absolute atomic E-state index is 0.0819. The van der Waals surface area contributed by atoms with Gasteiger partial charge in [-0.25, -0.2) is 0 Å². The van der Waals surface area contributed by atoms with Gasteiger partial charge in [0.05, 0.1) is 5.56 Å². The summed E-state index contributed by atoms with van der Waals surface area (Å²) in [4.78, 5) is 22.2. The number of halogens is 1. The normalized spacial score (nSPS) is 10.1. The number of primary amides is 1. The molecule has 18 heavy (non-hydrogen) atoms. The molecule has 4 N–H and O–H groups in total. The van der Waals surface area contributed by atoms with Crippen LogP contribution in [0, 0.1) is 0 Å². The minimum atomic E-state index is -0.626. The van der Waals surface area contributed by atoms with Crippen molar-refractivity contribution in [3.05, 3.63) is 35.1 Å². The second-order valence-corrected chi connectivity index (χ2v) is 3.55. The lowest BCUT2D eigenvalue weighted by Crippen LogP contribution is -2.12. The number of para-hydroxylation sites is 1. The minimum Gasteiger partial charge on any atom is -0.423 e. The van der Waals surface area contributed by atoms with Gasteiger partial charge in [0.25, 0.3) is 5.91 Å². The largest absolute Gasteiger partial charge is 0.423 e. The van der Waals surface area contributed by atoms with E-state index in [1.807, 2.05) is 0 Å². The maximum atomic E-state index is 11.2. The monoisotopic (exact) mass is 265 g/mol. The summed E-state index contributed by atoms with van der Waals surface area (Å²) in [5.41, 5.74) is 10.8. The fourth-order valence-electron chi connectivity index (χ4n) is 1.25. The number of aromatic nitrogens is 3. The second-order valence-electron chi connectivity index (χ2n) is 3.21. The van der Waals surface area contributed by atoms with Crippen LogP contribution in [0.25, 0.3) is 0 Å². The lowest BCUT2D eigenvalue weighted by atomic mass is 10.2. The van der Waals surface area contributed by atoms with Crippen LogP contribution in [0.5, 0.6) is 11.8 Å². The first-order valence-electron chi connectivity index (χ1n) is 4.80. The highest BCUT2D eigenvalue weighted by Crippen LogP contribution is 2.23. The van der Waals surface area contributed by atoms with E-state index >= 15 is 0 Å². The van der Waals surface area contributed by atoms with Gasteiger partial charge in [-0.1, -0.05) is 12.1 Å². The predicted molar refractivity (Wildman–Crippen MR) is 64.3 cm³/mol. The number of ether oxygens (including phenoxy) is 1. The molecular weight excluding hydrogens is 258 g/mol. The van der Waals surface area contributed by atoms with Crippen molar-refractivity contribution in [3.63, 3.8) is 0 Å². The van der Waals surface area contributed by atoms with Crippen LogP contribution in [0.3, 0.4) is 0 Å². The number of rotatable bonds is 3. The molecule has 1 aromatic carbocycles. The van der Waals surface area contributed by atoms with Gasteiger partial charge in [0.15, 0.2) is 0 Å². The highest BCUT2D eigenvalue weighted by atomic mass is 35.5. The number of benzene rings is 1. The summed E-state index contributed by atoms with van der Waals surface area (Å²) in [5, 5.41) is -0.103. The van der Waals surface area contributed by atoms with Gasteiger partial charge in [-0.15, -0.1) is 0 Å². The predicted octanol–water partition coefficient (Wildman–Crippen LogP) is 0.998. The van der Waals surface area contributed by atoms with Crippen molar-refractivity contribution in [2.75, 3.05) is 5.73 Å². The molecule has 7 nitrogen and oxygen atoms in total. The van der Waals surface area contributed by atoms with Gasteiger partial charge in [-0.05, 0) is 23.7 Å². The Bertz CT molecular complexity index is 584. The first kappa shape index (κ1) is 12.1. The number of carbonyl (C=O) groups is 1. The van der Waals surface area contributed by atoms with Gasteiger partial charge in [0.2, 0.25) is 11.2 Å². The van der Waals surface area contributed by atoms with E-state index in [1.165, 1.54) is 6.07 Å². The van der Waals surface area contributed by atoms with Gasteiger partial charge in [0.1, 0.15) is 5.75 Å². The molecule has 1 amide bonds. The van der Waals surface area contributed by atoms with E-state index in [-0.39, 0.29) is 28.6 Å². The molecule has 0 aliphatic rings. The van der Waals surface area contributed by atoms with Crippen LogP contribution >= 0.6 is 11.6 Å². The fourth-order valence-corrected chi connectivity index (χ4v) is 1.41. The van der Waals surface area contributed by atoms with Gasteiger partial charge in [-0.2, -0.15) is 15.0 Å². The van der Waals surface area contributed by atoms with E-state index in [1.54, 1.807) is 18.2 Å². The standard InChI is InChI=1S/C10H8ClN5O2/c11-8-14-9(13)16-10(15-8)18-6-4-2-1-3-5(6)7(12)17/h1-4H,(H2,12,17)(H2,13,14,15,16). The molecule has 0 aliphatic heterocycles. The summed E-state index contributed by atoms with van der Waals surface area (Å²) in [5.74, 6) is -0.494. The van der Waals surface area contributed by atoms with Gasteiger partial charge in [-0.3, -0.25) is 4.79 Å². The van der Waals surface area contributed by atoms with Crippen LogP contribution in [-0.2, 0) is 0 Å². The number of nitrogens with two attached hydrogens (primary N) is 2. The molecule has 0 atom stereocenters. The van der Waals surface area contributed by atoms with E-state index in [0.29, 0.717) is 0 Å². The summed E-state index contributed by atoms with van der Waals surface area (Å²) in [6.45, 7) is 0. The zero-order valence-electron chi connectivity index (χ0n) is 9.00. The fraction of sp³-hybridized carbons (Fsp3) is 0. The summed E-state index contributed by atoms with van der Waals surface area (Å²) < 4.78 is 5.30. The van der Waals surface area contributed by atoms with Crippen molar-refractivity contribution in [2.45, 2.75) is 0 Å². The van der Waals surface area contributed by atoms with Crippen molar-refractivity contribution in [3.8, 4) is 11.8 Å². The molecule has 0 radical (unpaired) electrons. The molecule has 0 fully saturated rings. The highest BCUT2D eigenvalue weighted by Gasteiger charge is 2.11. The third-order valence-electron chi connectivity index (χ3n) is 1.96. The maximum Gasteiger partial charge on any atom is 0.328 e. The van der Waals surface area contributed by atoms with E-state index in [9.17, 15) is 4.79 Å². The Morgan fingerprint density at radius 1 is 1.22 bits per heavy atom. The maximum absolute atomic E-state index is 11.2. The van der Waals surface area contributed by atoms with Crippen molar-refractivity contribution >= 4 is 23.5 Å². The summed E-state index contributed by atoms with van der Waals surface area (Å²) in [6, 6.07) is 6.29. The Hall–Kier alpha value is -2.41. The van der Waals surface area contributed by atoms with E-state index in [4.69, 9.17) is 27.8 Å². The first-order valence-corrected chi connectivity index (χ1v) is 5.18. The van der Waals surface area contributed by atoms with Crippen LogP contribution in [0.15, 0.2) is 24.3 Å². The lowest BCUT2D eigenvalue weighted by molar-refractivity contribution is 0.0998. The number of hydrogen-bond acceptors (Lipinski definition) is 6. The molecule has 0 unspecified atom stereocenters. The lowest BCUT2D eigenvalue weighted by Gasteiger charge is -2.07. The Balaban J connectivity index is 2.37. The molecular formula is C10H8ClN5O2. The molecule has 0 saturated heterocycles. The van der Waals surface area contributed by atoms with Gasteiger partial charge in [0, 0.05) is 0 Å². The zero-order chi connectivity index (χ0) is 13.1.